The first-order valence-corrected chi connectivity index (χ1v) is 8.10. The van der Waals surface area contributed by atoms with Gasteiger partial charge in [0.2, 0.25) is 0 Å². The van der Waals surface area contributed by atoms with Crippen molar-refractivity contribution in [1.82, 2.24) is 10.9 Å². The van der Waals surface area contributed by atoms with Crippen LogP contribution >= 0.6 is 11.6 Å². The molecule has 0 bridgehead atoms. The molecule has 0 spiro atoms. The monoisotopic (exact) mass is 340 g/mol. The minimum Gasteiger partial charge on any atom is -0.302 e. The Hall–Kier alpha value is -2.59. The molecule has 0 saturated heterocycles. The maximum absolute atomic E-state index is 12.1. The zero-order valence-electron chi connectivity index (χ0n) is 13.0. The third kappa shape index (κ3) is 4.03. The summed E-state index contributed by atoms with van der Waals surface area (Å²) < 4.78 is 0. The summed E-state index contributed by atoms with van der Waals surface area (Å²) in [6, 6.07) is 16.6. The average molecular weight is 341 g/mol. The third-order valence-corrected chi connectivity index (χ3v) is 4.18. The normalized spacial score (nSPS) is 17.1. The van der Waals surface area contributed by atoms with Crippen LogP contribution in [-0.4, -0.2) is 11.7 Å². The number of hydrogen-bond donors (Lipinski definition) is 2. The highest BCUT2D eigenvalue weighted by Crippen LogP contribution is 2.30. The summed E-state index contributed by atoms with van der Waals surface area (Å²) in [5.41, 5.74) is 7.77. The van der Waals surface area contributed by atoms with Gasteiger partial charge in [-0.25, -0.2) is 0 Å². The number of benzene rings is 2. The number of hydrazine groups is 1. The molecule has 3 rings (SSSR count). The molecule has 2 aromatic carbocycles. The van der Waals surface area contributed by atoms with Crippen LogP contribution in [0.5, 0.6) is 0 Å². The van der Waals surface area contributed by atoms with Gasteiger partial charge in [-0.3, -0.25) is 15.0 Å². The van der Waals surface area contributed by atoms with Crippen LogP contribution in [-0.2, 0) is 4.79 Å². The van der Waals surface area contributed by atoms with E-state index in [9.17, 15) is 9.59 Å². The first-order chi connectivity index (χ1) is 11.6. The van der Waals surface area contributed by atoms with Crippen LogP contribution in [0.25, 0.3) is 0 Å². The molecular weight excluding hydrogens is 324 g/mol. The molecule has 122 valence electrons. The van der Waals surface area contributed by atoms with Crippen molar-refractivity contribution in [2.24, 2.45) is 0 Å². The van der Waals surface area contributed by atoms with Crippen molar-refractivity contribution in [3.05, 3.63) is 82.5 Å². The topological polar surface area (TPSA) is 58.2 Å². The lowest BCUT2D eigenvalue weighted by Gasteiger charge is -2.23. The van der Waals surface area contributed by atoms with Gasteiger partial charge in [0, 0.05) is 28.8 Å². The van der Waals surface area contributed by atoms with Gasteiger partial charge < -0.3 is 5.43 Å². The Labute approximate surface area is 145 Å². The Kier molecular flexibility index (Phi) is 4.96. The van der Waals surface area contributed by atoms with E-state index in [1.807, 2.05) is 30.3 Å². The zero-order chi connectivity index (χ0) is 16.9. The standard InChI is InChI=1S/C19H17ClN2O2/c20-16-8-4-7-14(9-16)19(24)22-21-17-10-15(11-18(23)12-17)13-5-2-1-3-6-13/h1-9,12,15,21H,10-11H2,(H,22,24)/t15-/m1/s1. The number of rotatable bonds is 4. The molecule has 5 heteroatoms. The van der Waals surface area contributed by atoms with Crippen LogP contribution in [0.3, 0.4) is 0 Å². The van der Waals surface area contributed by atoms with E-state index in [4.69, 9.17) is 11.6 Å². The Balaban J connectivity index is 1.64. The van der Waals surface area contributed by atoms with Crippen molar-refractivity contribution in [3.63, 3.8) is 0 Å². The molecular formula is C19H17ClN2O2. The van der Waals surface area contributed by atoms with Crippen LogP contribution in [0.4, 0.5) is 0 Å². The van der Waals surface area contributed by atoms with Gasteiger partial charge >= 0.3 is 0 Å². The molecule has 2 N–H and O–H groups in total. The molecule has 2 aromatic rings. The van der Waals surface area contributed by atoms with Crippen molar-refractivity contribution >= 4 is 23.3 Å². The van der Waals surface area contributed by atoms with E-state index in [1.165, 1.54) is 0 Å². The van der Waals surface area contributed by atoms with E-state index in [2.05, 4.69) is 10.9 Å². The Bertz CT molecular complexity index is 787. The number of halogens is 1. The zero-order valence-corrected chi connectivity index (χ0v) is 13.7. The fourth-order valence-electron chi connectivity index (χ4n) is 2.78. The number of allylic oxidation sites excluding steroid dienone is 2. The van der Waals surface area contributed by atoms with Gasteiger partial charge in [-0.1, -0.05) is 48.0 Å². The maximum Gasteiger partial charge on any atom is 0.269 e. The fraction of sp³-hybridized carbons (Fsp3) is 0.158. The first-order valence-electron chi connectivity index (χ1n) is 7.72. The number of hydrogen-bond acceptors (Lipinski definition) is 3. The van der Waals surface area contributed by atoms with Gasteiger partial charge in [0.15, 0.2) is 5.78 Å². The SMILES string of the molecule is O=C1C=C(NNC(=O)c2cccc(Cl)c2)C[C@@H](c2ccccc2)C1. The van der Waals surface area contributed by atoms with Crippen LogP contribution in [0.1, 0.15) is 34.7 Å². The second kappa shape index (κ2) is 7.32. The summed E-state index contributed by atoms with van der Waals surface area (Å²) in [5.74, 6) is -0.128. The molecule has 0 fully saturated rings. The van der Waals surface area contributed by atoms with E-state index >= 15 is 0 Å². The largest absolute Gasteiger partial charge is 0.302 e. The first kappa shape index (κ1) is 16.3. The van der Waals surface area contributed by atoms with Crippen LogP contribution in [0.2, 0.25) is 5.02 Å². The highest BCUT2D eigenvalue weighted by molar-refractivity contribution is 6.30. The van der Waals surface area contributed by atoms with Crippen molar-refractivity contribution in [3.8, 4) is 0 Å². The van der Waals surface area contributed by atoms with Crippen molar-refractivity contribution in [2.75, 3.05) is 0 Å². The van der Waals surface area contributed by atoms with E-state index in [-0.39, 0.29) is 17.6 Å². The minimum absolute atomic E-state index is 0.0506. The molecule has 1 amide bonds. The molecule has 0 unspecified atom stereocenters. The maximum atomic E-state index is 12.1. The van der Waals surface area contributed by atoms with E-state index < -0.39 is 0 Å². The van der Waals surface area contributed by atoms with Crippen molar-refractivity contribution < 1.29 is 9.59 Å². The fourth-order valence-corrected chi connectivity index (χ4v) is 2.97. The summed E-state index contributed by atoms with van der Waals surface area (Å²) in [4.78, 5) is 24.1. The van der Waals surface area contributed by atoms with Crippen LogP contribution in [0, 0.1) is 0 Å². The molecule has 24 heavy (non-hydrogen) atoms. The quantitative estimate of drug-likeness (QED) is 0.836. The number of nitrogens with one attached hydrogen (secondary N) is 2. The highest BCUT2D eigenvalue weighted by atomic mass is 35.5. The Morgan fingerprint density at radius 2 is 1.83 bits per heavy atom. The molecule has 0 aliphatic heterocycles. The third-order valence-electron chi connectivity index (χ3n) is 3.94. The van der Waals surface area contributed by atoms with E-state index in [0.29, 0.717) is 29.1 Å². The van der Waals surface area contributed by atoms with Gasteiger partial charge in [-0.15, -0.1) is 0 Å². The summed E-state index contributed by atoms with van der Waals surface area (Å²) in [6.07, 6.45) is 2.71. The molecule has 4 nitrogen and oxygen atoms in total. The molecule has 0 radical (unpaired) electrons. The predicted molar refractivity (Wildman–Crippen MR) is 93.6 cm³/mol. The second-order valence-electron chi connectivity index (χ2n) is 5.74. The molecule has 0 saturated carbocycles. The molecule has 0 heterocycles. The van der Waals surface area contributed by atoms with Gasteiger partial charge in [0.1, 0.15) is 0 Å². The number of amides is 1. The molecule has 1 aliphatic carbocycles. The lowest BCUT2D eigenvalue weighted by Crippen LogP contribution is -2.38. The van der Waals surface area contributed by atoms with E-state index in [0.717, 1.165) is 5.56 Å². The summed E-state index contributed by atoms with van der Waals surface area (Å²) in [6.45, 7) is 0. The highest BCUT2D eigenvalue weighted by Gasteiger charge is 2.22. The van der Waals surface area contributed by atoms with Gasteiger partial charge in [-0.2, -0.15) is 0 Å². The summed E-state index contributed by atoms with van der Waals surface area (Å²) in [5, 5.41) is 0.499. The second-order valence-corrected chi connectivity index (χ2v) is 6.18. The molecule has 1 atom stereocenters. The van der Waals surface area contributed by atoms with E-state index in [1.54, 1.807) is 30.3 Å². The van der Waals surface area contributed by atoms with Gasteiger partial charge in [0.05, 0.1) is 0 Å². The van der Waals surface area contributed by atoms with Gasteiger partial charge in [0.25, 0.3) is 5.91 Å². The summed E-state index contributed by atoms with van der Waals surface area (Å²) in [7, 11) is 0. The van der Waals surface area contributed by atoms with Crippen molar-refractivity contribution in [1.29, 1.82) is 0 Å². The number of ketones is 1. The lowest BCUT2D eigenvalue weighted by atomic mass is 9.86. The number of carbonyl (C=O) groups is 2. The Morgan fingerprint density at radius 3 is 2.58 bits per heavy atom. The predicted octanol–water partition coefficient (Wildman–Crippen LogP) is 3.61. The Morgan fingerprint density at radius 1 is 1.04 bits per heavy atom. The van der Waals surface area contributed by atoms with Crippen molar-refractivity contribution in [2.45, 2.75) is 18.8 Å². The van der Waals surface area contributed by atoms with Crippen LogP contribution in [0.15, 0.2) is 66.4 Å². The minimum atomic E-state index is -0.298. The smallest absolute Gasteiger partial charge is 0.269 e. The van der Waals surface area contributed by atoms with Gasteiger partial charge in [-0.05, 0) is 36.1 Å². The number of carbonyl (C=O) groups excluding carboxylic acids is 2. The lowest BCUT2D eigenvalue weighted by molar-refractivity contribution is -0.115. The molecule has 0 aromatic heterocycles. The summed E-state index contributed by atoms with van der Waals surface area (Å²) >= 11 is 5.89. The molecule has 1 aliphatic rings. The average Bonchev–Trinajstić information content (AvgIpc) is 2.60. The van der Waals surface area contributed by atoms with Crippen LogP contribution < -0.4 is 10.9 Å².